The first-order chi connectivity index (χ1) is 12.5. The number of carbonyl (C=O) groups is 2. The molecule has 0 spiro atoms. The Kier molecular flexibility index (Phi) is 5.65. The van der Waals surface area contributed by atoms with Crippen LogP contribution >= 0.6 is 0 Å². The number of rotatable bonds is 7. The lowest BCUT2D eigenvalue weighted by Gasteiger charge is -2.16. The Labute approximate surface area is 151 Å². The van der Waals surface area contributed by atoms with Crippen molar-refractivity contribution in [1.29, 1.82) is 0 Å². The molecular weight excluding hydrogens is 336 g/mol. The molecule has 0 radical (unpaired) electrons. The first-order valence-corrected chi connectivity index (χ1v) is 8.33. The van der Waals surface area contributed by atoms with E-state index in [9.17, 15) is 9.59 Å². The van der Waals surface area contributed by atoms with Crippen molar-refractivity contribution in [2.24, 2.45) is 0 Å². The quantitative estimate of drug-likeness (QED) is 0.324. The summed E-state index contributed by atoms with van der Waals surface area (Å²) < 4.78 is 21.2. The smallest absolute Gasteiger partial charge is 0.343 e. The van der Waals surface area contributed by atoms with Gasteiger partial charge < -0.3 is 18.9 Å². The molecule has 6 nitrogen and oxygen atoms in total. The van der Waals surface area contributed by atoms with Crippen LogP contribution in [0.15, 0.2) is 60.2 Å². The van der Waals surface area contributed by atoms with E-state index in [1.807, 2.05) is 6.08 Å². The Morgan fingerprint density at radius 1 is 1.19 bits per heavy atom. The minimum atomic E-state index is -0.503. The molecule has 2 unspecified atom stereocenters. The van der Waals surface area contributed by atoms with Gasteiger partial charge in [-0.05, 0) is 43.7 Å². The van der Waals surface area contributed by atoms with Gasteiger partial charge in [-0.1, -0.05) is 18.7 Å². The summed E-state index contributed by atoms with van der Waals surface area (Å²) in [7, 11) is 0. The fourth-order valence-corrected chi connectivity index (χ4v) is 2.21. The highest BCUT2D eigenvalue weighted by Gasteiger charge is 2.24. The van der Waals surface area contributed by atoms with Gasteiger partial charge in [-0.2, -0.15) is 0 Å². The molecule has 26 heavy (non-hydrogen) atoms. The molecule has 1 saturated heterocycles. The number of hydrogen-bond donors (Lipinski definition) is 0. The SMILES string of the molecule is C=C(C)C(=O)Oc1ccc(OC(=O)C2=CCC(OCC3CO3)C=C2)cc1. The normalized spacial score (nSPS) is 20.9. The highest BCUT2D eigenvalue weighted by atomic mass is 16.6. The second kappa shape index (κ2) is 8.12. The molecule has 1 aromatic rings. The van der Waals surface area contributed by atoms with Crippen LogP contribution in [-0.4, -0.2) is 37.4 Å². The summed E-state index contributed by atoms with van der Waals surface area (Å²) in [5.41, 5.74) is 0.786. The maximum Gasteiger partial charge on any atom is 0.343 e. The van der Waals surface area contributed by atoms with Gasteiger partial charge in [0, 0.05) is 5.57 Å². The van der Waals surface area contributed by atoms with E-state index in [0.717, 1.165) is 6.61 Å². The largest absolute Gasteiger partial charge is 0.423 e. The van der Waals surface area contributed by atoms with Gasteiger partial charge in [-0.3, -0.25) is 0 Å². The fourth-order valence-electron chi connectivity index (χ4n) is 2.21. The van der Waals surface area contributed by atoms with Crippen LogP contribution in [0.2, 0.25) is 0 Å². The number of epoxide rings is 1. The maximum atomic E-state index is 12.2. The lowest BCUT2D eigenvalue weighted by atomic mass is 10.1. The monoisotopic (exact) mass is 356 g/mol. The van der Waals surface area contributed by atoms with Crippen LogP contribution in [0, 0.1) is 0 Å². The van der Waals surface area contributed by atoms with E-state index in [4.69, 9.17) is 18.9 Å². The first-order valence-electron chi connectivity index (χ1n) is 8.33. The van der Waals surface area contributed by atoms with Crippen LogP contribution in [0.25, 0.3) is 0 Å². The topological polar surface area (TPSA) is 74.4 Å². The molecule has 0 amide bonds. The molecule has 1 aromatic carbocycles. The summed E-state index contributed by atoms with van der Waals surface area (Å²) in [6, 6.07) is 6.23. The Balaban J connectivity index is 1.49. The lowest BCUT2D eigenvalue weighted by molar-refractivity contribution is -0.131. The molecule has 0 N–H and O–H groups in total. The molecule has 6 heteroatoms. The van der Waals surface area contributed by atoms with Crippen LogP contribution < -0.4 is 9.47 Å². The third-order valence-corrected chi connectivity index (χ3v) is 3.79. The van der Waals surface area contributed by atoms with E-state index >= 15 is 0 Å². The van der Waals surface area contributed by atoms with Crippen molar-refractivity contribution in [3.05, 3.63) is 60.2 Å². The highest BCUT2D eigenvalue weighted by molar-refractivity contribution is 5.93. The second-order valence-electron chi connectivity index (χ2n) is 6.11. The van der Waals surface area contributed by atoms with Crippen molar-refractivity contribution in [2.45, 2.75) is 25.6 Å². The number of esters is 2. The van der Waals surface area contributed by atoms with Gasteiger partial charge in [0.2, 0.25) is 0 Å². The summed E-state index contributed by atoms with van der Waals surface area (Å²) in [6.07, 6.45) is 6.13. The standard InChI is InChI=1S/C20H20O6/c1-13(2)19(21)25-16-7-9-17(10-8-16)26-20(22)14-3-5-15(6-4-14)23-11-18-12-24-18/h3-5,7-10,15,18H,1,6,11-12H2,2H3. The van der Waals surface area contributed by atoms with Gasteiger partial charge in [0.25, 0.3) is 0 Å². The number of benzene rings is 1. The molecule has 1 aliphatic heterocycles. The van der Waals surface area contributed by atoms with Crippen LogP contribution in [0.5, 0.6) is 11.5 Å². The third-order valence-electron chi connectivity index (χ3n) is 3.79. The zero-order valence-corrected chi connectivity index (χ0v) is 14.5. The molecule has 0 aromatic heterocycles. The average Bonchev–Trinajstić information content (AvgIpc) is 3.46. The van der Waals surface area contributed by atoms with Crippen LogP contribution in [-0.2, 0) is 19.1 Å². The van der Waals surface area contributed by atoms with E-state index in [1.165, 1.54) is 0 Å². The van der Waals surface area contributed by atoms with Crippen LogP contribution in [0.4, 0.5) is 0 Å². The third kappa shape index (κ3) is 5.15. The Bertz CT molecular complexity index is 755. The van der Waals surface area contributed by atoms with Crippen molar-refractivity contribution in [3.8, 4) is 11.5 Å². The van der Waals surface area contributed by atoms with E-state index in [1.54, 1.807) is 43.3 Å². The van der Waals surface area contributed by atoms with Gasteiger partial charge in [0.05, 0.1) is 24.9 Å². The number of hydrogen-bond acceptors (Lipinski definition) is 6. The highest BCUT2D eigenvalue weighted by Crippen LogP contribution is 2.21. The predicted molar refractivity (Wildman–Crippen MR) is 93.8 cm³/mol. The lowest BCUT2D eigenvalue weighted by Crippen LogP contribution is -2.18. The van der Waals surface area contributed by atoms with Crippen molar-refractivity contribution in [2.75, 3.05) is 13.2 Å². The zero-order valence-electron chi connectivity index (χ0n) is 14.5. The van der Waals surface area contributed by atoms with Crippen LogP contribution in [0.1, 0.15) is 13.3 Å². The zero-order chi connectivity index (χ0) is 18.5. The van der Waals surface area contributed by atoms with Crippen molar-refractivity contribution >= 4 is 11.9 Å². The summed E-state index contributed by atoms with van der Waals surface area (Å²) in [5.74, 6) is -0.230. The Hall–Kier alpha value is -2.70. The maximum absolute atomic E-state index is 12.2. The predicted octanol–water partition coefficient (Wildman–Crippen LogP) is 2.74. The minimum absolute atomic E-state index is 0.0435. The van der Waals surface area contributed by atoms with E-state index in [2.05, 4.69) is 6.58 Å². The Morgan fingerprint density at radius 2 is 1.85 bits per heavy atom. The van der Waals surface area contributed by atoms with E-state index in [-0.39, 0.29) is 12.2 Å². The van der Waals surface area contributed by atoms with Crippen molar-refractivity contribution in [3.63, 3.8) is 0 Å². The molecule has 1 fully saturated rings. The summed E-state index contributed by atoms with van der Waals surface area (Å²) in [4.78, 5) is 23.7. The average molecular weight is 356 g/mol. The van der Waals surface area contributed by atoms with Gasteiger partial charge >= 0.3 is 11.9 Å². The summed E-state index contributed by atoms with van der Waals surface area (Å²) in [6.45, 7) is 6.42. The van der Waals surface area contributed by atoms with E-state index < -0.39 is 11.9 Å². The summed E-state index contributed by atoms with van der Waals surface area (Å²) >= 11 is 0. The summed E-state index contributed by atoms with van der Waals surface area (Å²) in [5, 5.41) is 0. The molecular formula is C20H20O6. The molecule has 136 valence electrons. The number of carbonyl (C=O) groups excluding carboxylic acids is 2. The van der Waals surface area contributed by atoms with Crippen molar-refractivity contribution in [1.82, 2.24) is 0 Å². The second-order valence-corrected chi connectivity index (χ2v) is 6.11. The fraction of sp³-hybridized carbons (Fsp3) is 0.300. The molecule has 0 saturated carbocycles. The van der Waals surface area contributed by atoms with Gasteiger partial charge in [-0.25, -0.2) is 9.59 Å². The molecule has 2 aliphatic rings. The molecule has 3 rings (SSSR count). The van der Waals surface area contributed by atoms with Crippen LogP contribution in [0.3, 0.4) is 0 Å². The molecule has 1 heterocycles. The molecule has 2 atom stereocenters. The minimum Gasteiger partial charge on any atom is -0.423 e. The van der Waals surface area contributed by atoms with Gasteiger partial charge in [0.1, 0.15) is 17.6 Å². The van der Waals surface area contributed by atoms with E-state index in [0.29, 0.717) is 35.7 Å². The van der Waals surface area contributed by atoms with Gasteiger partial charge in [-0.15, -0.1) is 0 Å². The number of ether oxygens (including phenoxy) is 4. The first kappa shape index (κ1) is 18.1. The molecule has 1 aliphatic carbocycles. The molecule has 0 bridgehead atoms. The van der Waals surface area contributed by atoms with Gasteiger partial charge in [0.15, 0.2) is 0 Å². The Morgan fingerprint density at radius 3 is 2.38 bits per heavy atom. The van der Waals surface area contributed by atoms with Crippen molar-refractivity contribution < 1.29 is 28.5 Å².